The first-order chi connectivity index (χ1) is 10.2. The van der Waals surface area contributed by atoms with Gasteiger partial charge in [-0.05, 0) is 25.1 Å². The molecular weight excluding hydrogens is 319 g/mol. The van der Waals surface area contributed by atoms with Gasteiger partial charge in [0.1, 0.15) is 11.6 Å². The van der Waals surface area contributed by atoms with Gasteiger partial charge in [-0.15, -0.1) is 0 Å². The van der Waals surface area contributed by atoms with E-state index in [1.54, 1.807) is 4.72 Å². The van der Waals surface area contributed by atoms with E-state index in [-0.39, 0.29) is 5.56 Å². The molecular formula is C14H12F3NO3S. The van der Waals surface area contributed by atoms with E-state index in [1.807, 2.05) is 0 Å². The average molecular weight is 331 g/mol. The first-order valence-electron chi connectivity index (χ1n) is 6.17. The number of anilines is 1. The van der Waals surface area contributed by atoms with Crippen LogP contribution in [0.5, 0.6) is 0 Å². The number of nitrogens with one attached hydrogen (secondary N) is 1. The lowest BCUT2D eigenvalue weighted by Gasteiger charge is -2.13. The van der Waals surface area contributed by atoms with E-state index in [0.29, 0.717) is 0 Å². The summed E-state index contributed by atoms with van der Waals surface area (Å²) in [6, 6.07) is 6.22. The lowest BCUT2D eigenvalue weighted by atomic mass is 10.1. The highest BCUT2D eigenvalue weighted by Gasteiger charge is 2.25. The second kappa shape index (κ2) is 5.98. The lowest BCUT2D eigenvalue weighted by Crippen LogP contribution is -2.17. The summed E-state index contributed by atoms with van der Waals surface area (Å²) in [4.78, 5) is -1.20. The average Bonchev–Trinajstić information content (AvgIpc) is 2.40. The third-order valence-electron chi connectivity index (χ3n) is 2.91. The van der Waals surface area contributed by atoms with Gasteiger partial charge in [-0.3, -0.25) is 4.72 Å². The minimum absolute atomic E-state index is 0.144. The number of hydrogen-bond acceptors (Lipinski definition) is 3. The highest BCUT2D eigenvalue weighted by molar-refractivity contribution is 7.92. The summed E-state index contributed by atoms with van der Waals surface area (Å²) in [7, 11) is -4.66. The van der Waals surface area contributed by atoms with E-state index in [4.69, 9.17) is 0 Å². The normalized spacial score (nSPS) is 13.0. The number of sulfonamides is 1. The number of aliphatic hydroxyl groups is 1. The van der Waals surface area contributed by atoms with Crippen LogP contribution >= 0.6 is 0 Å². The number of aliphatic hydroxyl groups excluding tert-OH is 1. The predicted molar refractivity (Wildman–Crippen MR) is 74.2 cm³/mol. The Kier molecular flexibility index (Phi) is 4.43. The Morgan fingerprint density at radius 2 is 1.59 bits per heavy atom. The summed E-state index contributed by atoms with van der Waals surface area (Å²) in [5.41, 5.74) is -0.657. The van der Waals surface area contributed by atoms with Crippen molar-refractivity contribution in [2.45, 2.75) is 17.9 Å². The molecule has 0 saturated carbocycles. The Hall–Kier alpha value is -2.06. The maximum atomic E-state index is 14.1. The highest BCUT2D eigenvalue weighted by Crippen LogP contribution is 2.27. The Morgan fingerprint density at radius 1 is 1.05 bits per heavy atom. The van der Waals surface area contributed by atoms with Gasteiger partial charge in [-0.25, -0.2) is 21.6 Å². The fourth-order valence-electron chi connectivity index (χ4n) is 1.89. The summed E-state index contributed by atoms with van der Waals surface area (Å²) in [6.45, 7) is 1.30. The van der Waals surface area contributed by atoms with Gasteiger partial charge >= 0.3 is 0 Å². The van der Waals surface area contributed by atoms with E-state index in [1.165, 1.54) is 19.1 Å². The van der Waals surface area contributed by atoms with Crippen molar-refractivity contribution in [3.63, 3.8) is 0 Å². The molecule has 0 fully saturated rings. The molecule has 22 heavy (non-hydrogen) atoms. The molecule has 2 aromatic carbocycles. The van der Waals surface area contributed by atoms with Crippen LogP contribution in [0.2, 0.25) is 0 Å². The van der Waals surface area contributed by atoms with Crippen LogP contribution in [0.1, 0.15) is 18.6 Å². The molecule has 1 atom stereocenters. The van der Waals surface area contributed by atoms with Gasteiger partial charge in [0.15, 0.2) is 10.7 Å². The van der Waals surface area contributed by atoms with Crippen molar-refractivity contribution < 1.29 is 26.7 Å². The molecule has 0 spiro atoms. The largest absolute Gasteiger partial charge is 0.389 e. The molecule has 0 saturated heterocycles. The summed E-state index contributed by atoms with van der Waals surface area (Å²) in [5.74, 6) is -3.60. The maximum absolute atomic E-state index is 14.1. The van der Waals surface area contributed by atoms with Crippen molar-refractivity contribution in [3.05, 3.63) is 59.4 Å². The molecule has 0 aliphatic heterocycles. The fraction of sp³-hybridized carbons (Fsp3) is 0.143. The Morgan fingerprint density at radius 3 is 2.14 bits per heavy atom. The van der Waals surface area contributed by atoms with E-state index < -0.39 is 44.2 Å². The smallest absolute Gasteiger partial charge is 0.267 e. The highest BCUT2D eigenvalue weighted by atomic mass is 32.2. The fourth-order valence-corrected chi connectivity index (χ4v) is 3.09. The standard InChI is InChI=1S/C14H12F3NO3S/c1-8(19)9-4-2-7-12(13(9)17)18-22(20,21)14-10(15)5-3-6-11(14)16/h2-8,18-19H,1H3. The van der Waals surface area contributed by atoms with Crippen LogP contribution in [-0.2, 0) is 10.0 Å². The molecule has 2 N–H and O–H groups in total. The number of benzene rings is 2. The van der Waals surface area contributed by atoms with Gasteiger partial charge in [-0.1, -0.05) is 18.2 Å². The van der Waals surface area contributed by atoms with Crippen LogP contribution in [0.25, 0.3) is 0 Å². The molecule has 0 aliphatic rings. The van der Waals surface area contributed by atoms with Crippen molar-refractivity contribution in [2.24, 2.45) is 0 Å². The second-order valence-corrected chi connectivity index (χ2v) is 6.16. The lowest BCUT2D eigenvalue weighted by molar-refractivity contribution is 0.194. The third-order valence-corrected chi connectivity index (χ3v) is 4.33. The number of halogens is 3. The van der Waals surface area contributed by atoms with E-state index >= 15 is 0 Å². The van der Waals surface area contributed by atoms with Crippen LogP contribution in [0.4, 0.5) is 18.9 Å². The molecule has 0 radical (unpaired) electrons. The molecule has 0 bridgehead atoms. The van der Waals surface area contributed by atoms with Crippen molar-refractivity contribution in [2.75, 3.05) is 4.72 Å². The van der Waals surface area contributed by atoms with Crippen LogP contribution in [0, 0.1) is 17.5 Å². The summed E-state index contributed by atoms with van der Waals surface area (Å²) >= 11 is 0. The Labute approximate surface area is 125 Å². The van der Waals surface area contributed by atoms with Gasteiger partial charge in [0.05, 0.1) is 11.8 Å². The molecule has 2 rings (SSSR count). The number of hydrogen-bond donors (Lipinski definition) is 2. The SMILES string of the molecule is CC(O)c1cccc(NS(=O)(=O)c2c(F)cccc2F)c1F. The first-order valence-corrected chi connectivity index (χ1v) is 7.65. The Bertz CT molecular complexity index is 787. The van der Waals surface area contributed by atoms with Gasteiger partial charge in [0, 0.05) is 5.56 Å². The van der Waals surface area contributed by atoms with Gasteiger partial charge in [-0.2, -0.15) is 0 Å². The topological polar surface area (TPSA) is 66.4 Å². The van der Waals surface area contributed by atoms with Crippen molar-refractivity contribution >= 4 is 15.7 Å². The van der Waals surface area contributed by atoms with Crippen LogP contribution in [-0.4, -0.2) is 13.5 Å². The number of rotatable bonds is 4. The zero-order valence-electron chi connectivity index (χ0n) is 11.3. The van der Waals surface area contributed by atoms with Crippen LogP contribution in [0.15, 0.2) is 41.3 Å². The zero-order valence-corrected chi connectivity index (χ0v) is 12.2. The van der Waals surface area contributed by atoms with E-state index in [0.717, 1.165) is 24.3 Å². The van der Waals surface area contributed by atoms with Gasteiger partial charge < -0.3 is 5.11 Å². The monoisotopic (exact) mass is 331 g/mol. The van der Waals surface area contributed by atoms with E-state index in [2.05, 4.69) is 0 Å². The molecule has 8 heteroatoms. The Balaban J connectivity index is 2.49. The van der Waals surface area contributed by atoms with Crippen molar-refractivity contribution in [3.8, 4) is 0 Å². The molecule has 0 heterocycles. The maximum Gasteiger partial charge on any atom is 0.267 e. The van der Waals surface area contributed by atoms with Gasteiger partial charge in [0.2, 0.25) is 0 Å². The molecule has 0 aliphatic carbocycles. The minimum atomic E-state index is -4.66. The second-order valence-electron chi connectivity index (χ2n) is 4.54. The third kappa shape index (κ3) is 3.07. The minimum Gasteiger partial charge on any atom is -0.389 e. The molecule has 0 aromatic heterocycles. The molecule has 0 amide bonds. The van der Waals surface area contributed by atoms with Crippen LogP contribution in [0.3, 0.4) is 0 Å². The first kappa shape index (κ1) is 16.3. The predicted octanol–water partition coefficient (Wildman–Crippen LogP) is 2.96. The van der Waals surface area contributed by atoms with E-state index in [9.17, 15) is 26.7 Å². The molecule has 1 unspecified atom stereocenters. The summed E-state index contributed by atoms with van der Waals surface area (Å²) in [6.07, 6.45) is -1.17. The van der Waals surface area contributed by atoms with Crippen molar-refractivity contribution in [1.82, 2.24) is 0 Å². The van der Waals surface area contributed by atoms with Crippen molar-refractivity contribution in [1.29, 1.82) is 0 Å². The quantitative estimate of drug-likeness (QED) is 0.905. The van der Waals surface area contributed by atoms with Gasteiger partial charge in [0.25, 0.3) is 10.0 Å². The van der Waals surface area contributed by atoms with Crippen LogP contribution < -0.4 is 4.72 Å². The molecule has 2 aromatic rings. The molecule has 4 nitrogen and oxygen atoms in total. The summed E-state index contributed by atoms with van der Waals surface area (Å²) in [5, 5.41) is 9.40. The zero-order chi connectivity index (χ0) is 16.5. The summed E-state index contributed by atoms with van der Waals surface area (Å²) < 4.78 is 67.1. The molecule has 118 valence electrons.